The highest BCUT2D eigenvalue weighted by atomic mass is 19.1. The largest absolute Gasteiger partial charge is 0.490 e. The van der Waals surface area contributed by atoms with Gasteiger partial charge in [0.15, 0.2) is 11.5 Å². The summed E-state index contributed by atoms with van der Waals surface area (Å²) in [5.74, 6) is 1.08. The maximum Gasteiger partial charge on any atom is 0.161 e. The Morgan fingerprint density at radius 1 is 0.931 bits per heavy atom. The first-order valence-electron chi connectivity index (χ1n) is 9.55. The number of hydrogen-bond donors (Lipinski definition) is 1. The quantitative estimate of drug-likeness (QED) is 0.385. The number of benzene rings is 3. The summed E-state index contributed by atoms with van der Waals surface area (Å²) in [4.78, 5) is 0. The Hall–Kier alpha value is -3.34. The number of nitrogens with zero attached hydrogens (tertiary/aromatic N) is 1. The molecular formula is C24H25FN2O2. The van der Waals surface area contributed by atoms with E-state index >= 15 is 0 Å². The molecule has 0 spiro atoms. The van der Waals surface area contributed by atoms with E-state index in [-0.39, 0.29) is 5.82 Å². The van der Waals surface area contributed by atoms with Crippen molar-refractivity contribution in [1.82, 2.24) is 0 Å². The summed E-state index contributed by atoms with van der Waals surface area (Å²) in [6.07, 6.45) is 1.68. The maximum absolute atomic E-state index is 12.9. The van der Waals surface area contributed by atoms with Crippen LogP contribution in [0, 0.1) is 19.7 Å². The summed E-state index contributed by atoms with van der Waals surface area (Å²) < 4.78 is 24.7. The van der Waals surface area contributed by atoms with Crippen LogP contribution in [0.15, 0.2) is 65.8 Å². The van der Waals surface area contributed by atoms with Crippen molar-refractivity contribution in [1.29, 1.82) is 0 Å². The van der Waals surface area contributed by atoms with Crippen molar-refractivity contribution in [3.63, 3.8) is 0 Å². The predicted molar refractivity (Wildman–Crippen MR) is 115 cm³/mol. The van der Waals surface area contributed by atoms with E-state index in [4.69, 9.17) is 9.47 Å². The van der Waals surface area contributed by atoms with E-state index in [9.17, 15) is 4.39 Å². The second-order valence-electron chi connectivity index (χ2n) is 6.73. The molecule has 29 heavy (non-hydrogen) atoms. The molecule has 1 N–H and O–H groups in total. The number of hydrogen-bond acceptors (Lipinski definition) is 4. The summed E-state index contributed by atoms with van der Waals surface area (Å²) >= 11 is 0. The maximum atomic E-state index is 12.9. The first kappa shape index (κ1) is 20.4. The highest BCUT2D eigenvalue weighted by molar-refractivity contribution is 5.81. The molecule has 0 heterocycles. The fourth-order valence-electron chi connectivity index (χ4n) is 2.81. The number of ether oxygens (including phenoxy) is 2. The van der Waals surface area contributed by atoms with Crippen LogP contribution in [-0.2, 0) is 6.61 Å². The molecule has 0 aliphatic heterocycles. The van der Waals surface area contributed by atoms with Gasteiger partial charge >= 0.3 is 0 Å². The lowest BCUT2D eigenvalue weighted by atomic mass is 10.1. The van der Waals surface area contributed by atoms with Crippen molar-refractivity contribution < 1.29 is 13.9 Å². The molecule has 150 valence electrons. The first-order chi connectivity index (χ1) is 14.0. The number of nitrogens with one attached hydrogen (secondary N) is 1. The van der Waals surface area contributed by atoms with Crippen molar-refractivity contribution >= 4 is 11.9 Å². The molecule has 4 nitrogen and oxygen atoms in total. The van der Waals surface area contributed by atoms with Crippen molar-refractivity contribution in [2.45, 2.75) is 27.4 Å². The molecule has 0 aromatic heterocycles. The van der Waals surface area contributed by atoms with Gasteiger partial charge in [0, 0.05) is 0 Å². The standard InChI is InChI=1S/C24H25FN2O2/c1-4-28-24-14-19(15-26-27-22-10-8-21(25)9-11-22)7-12-23(24)29-16-20-13-17(2)5-6-18(20)3/h5-15,27H,4,16H2,1-3H3/b26-15+. The predicted octanol–water partition coefficient (Wildman–Crippen LogP) is 5.87. The zero-order chi connectivity index (χ0) is 20.6. The van der Waals surface area contributed by atoms with E-state index in [2.05, 4.69) is 42.6 Å². The molecule has 0 unspecified atom stereocenters. The summed E-state index contributed by atoms with van der Waals surface area (Å²) in [5, 5.41) is 4.19. The van der Waals surface area contributed by atoms with Crippen molar-refractivity contribution in [3.8, 4) is 11.5 Å². The summed E-state index contributed by atoms with van der Waals surface area (Å²) in [6, 6.07) is 18.0. The molecule has 0 bridgehead atoms. The monoisotopic (exact) mass is 392 g/mol. The molecule has 5 heteroatoms. The normalized spacial score (nSPS) is 10.9. The van der Waals surface area contributed by atoms with Gasteiger partial charge in [-0.15, -0.1) is 0 Å². The molecular weight excluding hydrogens is 367 g/mol. The molecule has 0 fully saturated rings. The van der Waals surface area contributed by atoms with Gasteiger partial charge in [0.05, 0.1) is 18.5 Å². The van der Waals surface area contributed by atoms with Gasteiger partial charge in [-0.3, -0.25) is 5.43 Å². The number of anilines is 1. The van der Waals surface area contributed by atoms with Gasteiger partial charge < -0.3 is 9.47 Å². The van der Waals surface area contributed by atoms with Crippen LogP contribution in [0.3, 0.4) is 0 Å². The van der Waals surface area contributed by atoms with Crippen LogP contribution in [0.25, 0.3) is 0 Å². The van der Waals surface area contributed by atoms with Gasteiger partial charge in [0.25, 0.3) is 0 Å². The van der Waals surface area contributed by atoms with E-state index in [1.165, 1.54) is 23.3 Å². The molecule has 0 amide bonds. The summed E-state index contributed by atoms with van der Waals surface area (Å²) in [5.41, 5.74) is 8.01. The number of rotatable bonds is 8. The van der Waals surface area contributed by atoms with E-state index in [0.717, 1.165) is 11.1 Å². The Labute approximate surface area is 171 Å². The SMILES string of the molecule is CCOc1cc(/C=N/Nc2ccc(F)cc2)ccc1OCc1cc(C)ccc1C. The van der Waals surface area contributed by atoms with Crippen LogP contribution in [0.5, 0.6) is 11.5 Å². The van der Waals surface area contributed by atoms with Gasteiger partial charge in [0.1, 0.15) is 12.4 Å². The lowest BCUT2D eigenvalue weighted by Crippen LogP contribution is -2.02. The Morgan fingerprint density at radius 2 is 1.72 bits per heavy atom. The highest BCUT2D eigenvalue weighted by Crippen LogP contribution is 2.29. The van der Waals surface area contributed by atoms with E-state index in [1.807, 2.05) is 25.1 Å². The molecule has 3 rings (SSSR count). The molecule has 0 aliphatic carbocycles. The smallest absolute Gasteiger partial charge is 0.161 e. The minimum absolute atomic E-state index is 0.280. The fraction of sp³-hybridized carbons (Fsp3) is 0.208. The van der Waals surface area contributed by atoms with Crippen LogP contribution in [-0.4, -0.2) is 12.8 Å². The van der Waals surface area contributed by atoms with Crippen LogP contribution < -0.4 is 14.9 Å². The van der Waals surface area contributed by atoms with Gasteiger partial charge in [-0.05, 0) is 79.9 Å². The zero-order valence-electron chi connectivity index (χ0n) is 16.9. The van der Waals surface area contributed by atoms with Crippen LogP contribution in [0.2, 0.25) is 0 Å². The Kier molecular flexibility index (Phi) is 6.85. The topological polar surface area (TPSA) is 42.8 Å². The number of halogens is 1. The third-order valence-electron chi connectivity index (χ3n) is 4.41. The second kappa shape index (κ2) is 9.73. The fourth-order valence-corrected chi connectivity index (χ4v) is 2.81. The Morgan fingerprint density at radius 3 is 2.48 bits per heavy atom. The Bertz CT molecular complexity index is 985. The molecule has 0 radical (unpaired) electrons. The molecule has 0 saturated carbocycles. The number of hydrazone groups is 1. The van der Waals surface area contributed by atoms with Crippen LogP contribution in [0.1, 0.15) is 29.2 Å². The van der Waals surface area contributed by atoms with Crippen molar-refractivity contribution in [2.24, 2.45) is 5.10 Å². The van der Waals surface area contributed by atoms with E-state index < -0.39 is 0 Å². The third-order valence-corrected chi connectivity index (χ3v) is 4.41. The highest BCUT2D eigenvalue weighted by Gasteiger charge is 2.08. The van der Waals surface area contributed by atoms with E-state index in [0.29, 0.717) is 30.4 Å². The summed E-state index contributed by atoms with van der Waals surface area (Å²) in [7, 11) is 0. The lowest BCUT2D eigenvalue weighted by Gasteiger charge is -2.14. The van der Waals surface area contributed by atoms with Gasteiger partial charge in [-0.1, -0.05) is 23.8 Å². The molecule has 0 atom stereocenters. The zero-order valence-corrected chi connectivity index (χ0v) is 16.9. The first-order valence-corrected chi connectivity index (χ1v) is 9.55. The van der Waals surface area contributed by atoms with Gasteiger partial charge in [-0.2, -0.15) is 5.10 Å². The molecule has 0 aliphatic rings. The third kappa shape index (κ3) is 5.82. The Balaban J connectivity index is 1.69. The average Bonchev–Trinajstić information content (AvgIpc) is 2.71. The average molecular weight is 392 g/mol. The number of aryl methyl sites for hydroxylation is 2. The minimum atomic E-state index is -0.280. The van der Waals surface area contributed by atoms with Crippen LogP contribution >= 0.6 is 0 Å². The van der Waals surface area contributed by atoms with E-state index in [1.54, 1.807) is 18.3 Å². The van der Waals surface area contributed by atoms with Gasteiger partial charge in [0.2, 0.25) is 0 Å². The lowest BCUT2D eigenvalue weighted by molar-refractivity contribution is 0.269. The minimum Gasteiger partial charge on any atom is -0.490 e. The second-order valence-corrected chi connectivity index (χ2v) is 6.73. The van der Waals surface area contributed by atoms with Crippen molar-refractivity contribution in [3.05, 3.63) is 88.7 Å². The molecule has 3 aromatic rings. The summed E-state index contributed by atoms with van der Waals surface area (Å²) in [6.45, 7) is 7.10. The molecule has 3 aromatic carbocycles. The van der Waals surface area contributed by atoms with Gasteiger partial charge in [-0.25, -0.2) is 4.39 Å². The molecule has 0 saturated heterocycles. The van der Waals surface area contributed by atoms with Crippen LogP contribution in [0.4, 0.5) is 10.1 Å². The van der Waals surface area contributed by atoms with Crippen molar-refractivity contribution in [2.75, 3.05) is 12.0 Å².